The minimum Gasteiger partial charge on any atom is -0.394 e. The van der Waals surface area contributed by atoms with Gasteiger partial charge in [0.1, 0.15) is 18.3 Å². The summed E-state index contributed by atoms with van der Waals surface area (Å²) >= 11 is 0. The second kappa shape index (κ2) is 5.35. The van der Waals surface area contributed by atoms with Gasteiger partial charge in [-0.25, -0.2) is 4.79 Å². The molecule has 0 aromatic rings. The number of rotatable bonds is 2. The largest absolute Gasteiger partial charge is 0.395 e. The molecule has 5 atom stereocenters. The molecule has 0 saturated carbocycles. The second-order valence-corrected chi connectivity index (χ2v) is 4.81. The summed E-state index contributed by atoms with van der Waals surface area (Å²) in [7, 11) is 0. The lowest BCUT2D eigenvalue weighted by molar-refractivity contribution is -0.188. The van der Waals surface area contributed by atoms with Crippen molar-refractivity contribution in [3.63, 3.8) is 0 Å². The van der Waals surface area contributed by atoms with Crippen LogP contribution in [0.5, 0.6) is 0 Å². The third-order valence-corrected chi connectivity index (χ3v) is 3.46. The zero-order chi connectivity index (χ0) is 15.1. The van der Waals surface area contributed by atoms with E-state index in [0.29, 0.717) is 4.90 Å². The lowest BCUT2D eigenvalue weighted by atomic mass is 10.1. The topological polar surface area (TPSA) is 102 Å². The first-order valence-electron chi connectivity index (χ1n) is 5.99. The third kappa shape index (κ3) is 2.68. The highest BCUT2D eigenvalue weighted by molar-refractivity contribution is 5.75. The number of alkyl halides is 3. The Hall–Kier alpha value is -1.10. The lowest BCUT2D eigenvalue weighted by Gasteiger charge is -2.38. The molecule has 10 heteroatoms. The van der Waals surface area contributed by atoms with Gasteiger partial charge in [-0.2, -0.15) is 13.2 Å². The number of halogens is 3. The van der Waals surface area contributed by atoms with E-state index in [0.717, 1.165) is 0 Å². The van der Waals surface area contributed by atoms with E-state index in [1.807, 2.05) is 0 Å². The number of carbonyl (C=O) groups is 1. The molecule has 20 heavy (non-hydrogen) atoms. The van der Waals surface area contributed by atoms with E-state index in [1.165, 1.54) is 0 Å². The van der Waals surface area contributed by atoms with Gasteiger partial charge in [0.25, 0.3) is 0 Å². The molecule has 2 amide bonds. The van der Waals surface area contributed by atoms with Crippen LogP contribution in [-0.2, 0) is 4.74 Å². The van der Waals surface area contributed by atoms with Crippen molar-refractivity contribution in [3.05, 3.63) is 0 Å². The number of ether oxygens (including phenoxy) is 1. The number of nitrogens with zero attached hydrogens (tertiary/aromatic N) is 1. The first kappa shape index (κ1) is 15.3. The summed E-state index contributed by atoms with van der Waals surface area (Å²) in [5, 5.41) is 30.3. The highest BCUT2D eigenvalue weighted by atomic mass is 19.4. The highest BCUT2D eigenvalue weighted by Crippen LogP contribution is 2.31. The van der Waals surface area contributed by atoms with Crippen LogP contribution in [0.3, 0.4) is 0 Å². The van der Waals surface area contributed by atoms with Crippen LogP contribution in [-0.4, -0.2) is 76.7 Å². The van der Waals surface area contributed by atoms with Gasteiger partial charge >= 0.3 is 12.2 Å². The number of aliphatic hydroxyl groups excluding tert-OH is 3. The van der Waals surface area contributed by atoms with E-state index in [2.05, 4.69) is 5.32 Å². The van der Waals surface area contributed by atoms with Crippen molar-refractivity contribution in [2.45, 2.75) is 30.7 Å². The van der Waals surface area contributed by atoms with Gasteiger partial charge in [-0.15, -0.1) is 0 Å². The summed E-state index contributed by atoms with van der Waals surface area (Å²) in [5.41, 5.74) is 0. The van der Waals surface area contributed by atoms with E-state index < -0.39 is 62.4 Å². The fourth-order valence-electron chi connectivity index (χ4n) is 2.27. The molecule has 0 bridgehead atoms. The maximum Gasteiger partial charge on any atom is 0.395 e. The number of nitrogens with one attached hydrogen (secondary N) is 1. The molecule has 2 heterocycles. The van der Waals surface area contributed by atoms with Crippen LogP contribution in [0.1, 0.15) is 0 Å². The highest BCUT2D eigenvalue weighted by Gasteiger charge is 2.51. The molecular weight excluding hydrogens is 285 g/mol. The Morgan fingerprint density at radius 2 is 2.00 bits per heavy atom. The van der Waals surface area contributed by atoms with Gasteiger partial charge in [-0.05, 0) is 0 Å². The SMILES string of the molecule is O=C1NCC(C(F)(F)F)CN1[C@@H]1O[C@H](CO)[C@@H](O)[C@H]1O. The van der Waals surface area contributed by atoms with Gasteiger partial charge in [0, 0.05) is 13.1 Å². The average Bonchev–Trinajstić information content (AvgIpc) is 2.65. The standard InChI is InChI=1S/C10H15F3N2O5/c11-10(12,13)4-1-14-9(19)15(2-4)8-7(18)6(17)5(3-16)20-8/h4-8,16-18H,1-3H2,(H,14,19)/t4?,5-,6-,7-,8-/m1/s1. The van der Waals surface area contributed by atoms with Crippen LogP contribution in [0.25, 0.3) is 0 Å². The Labute approximate surface area is 111 Å². The molecule has 4 N–H and O–H groups in total. The molecule has 2 aliphatic rings. The van der Waals surface area contributed by atoms with Crippen LogP contribution >= 0.6 is 0 Å². The fraction of sp³-hybridized carbons (Fsp3) is 0.900. The smallest absolute Gasteiger partial charge is 0.394 e. The predicted octanol–water partition coefficient (Wildman–Crippen LogP) is -1.37. The van der Waals surface area contributed by atoms with Crippen molar-refractivity contribution >= 4 is 6.03 Å². The van der Waals surface area contributed by atoms with E-state index in [-0.39, 0.29) is 0 Å². The molecular formula is C10H15F3N2O5. The third-order valence-electron chi connectivity index (χ3n) is 3.46. The summed E-state index contributed by atoms with van der Waals surface area (Å²) < 4.78 is 43.1. The minimum absolute atomic E-state index is 0.548. The van der Waals surface area contributed by atoms with Crippen LogP contribution in [0.4, 0.5) is 18.0 Å². The number of urea groups is 1. The van der Waals surface area contributed by atoms with Crippen molar-refractivity contribution in [3.8, 4) is 0 Å². The maximum atomic E-state index is 12.7. The maximum absolute atomic E-state index is 12.7. The molecule has 0 aromatic heterocycles. The van der Waals surface area contributed by atoms with Crippen LogP contribution in [0.15, 0.2) is 0 Å². The van der Waals surface area contributed by atoms with E-state index in [4.69, 9.17) is 9.84 Å². The predicted molar refractivity (Wildman–Crippen MR) is 57.4 cm³/mol. The van der Waals surface area contributed by atoms with E-state index >= 15 is 0 Å². The molecule has 116 valence electrons. The Morgan fingerprint density at radius 1 is 1.35 bits per heavy atom. The first-order chi connectivity index (χ1) is 9.25. The number of aliphatic hydroxyl groups is 3. The minimum atomic E-state index is -4.50. The number of carbonyl (C=O) groups excluding carboxylic acids is 1. The zero-order valence-electron chi connectivity index (χ0n) is 10.2. The Balaban J connectivity index is 2.12. The number of amides is 2. The second-order valence-electron chi connectivity index (χ2n) is 4.81. The van der Waals surface area contributed by atoms with Crippen molar-refractivity contribution in [2.24, 2.45) is 5.92 Å². The Morgan fingerprint density at radius 3 is 2.50 bits per heavy atom. The molecule has 0 aromatic carbocycles. The lowest BCUT2D eigenvalue weighted by Crippen LogP contribution is -2.60. The molecule has 0 radical (unpaired) electrons. The molecule has 2 aliphatic heterocycles. The van der Waals surface area contributed by atoms with Crippen molar-refractivity contribution in [1.29, 1.82) is 0 Å². The number of hydrogen-bond donors (Lipinski definition) is 4. The molecule has 7 nitrogen and oxygen atoms in total. The van der Waals surface area contributed by atoms with E-state index in [9.17, 15) is 28.2 Å². The van der Waals surface area contributed by atoms with Crippen molar-refractivity contribution < 1.29 is 38.0 Å². The van der Waals surface area contributed by atoms with E-state index in [1.54, 1.807) is 0 Å². The van der Waals surface area contributed by atoms with Crippen molar-refractivity contribution in [2.75, 3.05) is 19.7 Å². The van der Waals surface area contributed by atoms with Gasteiger partial charge in [0.2, 0.25) is 0 Å². The van der Waals surface area contributed by atoms with Crippen LogP contribution in [0.2, 0.25) is 0 Å². The molecule has 2 saturated heterocycles. The summed E-state index contributed by atoms with van der Waals surface area (Å²) in [6, 6.07) is -0.819. The number of hydrogen-bond acceptors (Lipinski definition) is 5. The Bertz CT molecular complexity index is 380. The van der Waals surface area contributed by atoms with Gasteiger partial charge < -0.3 is 25.4 Å². The fourth-order valence-corrected chi connectivity index (χ4v) is 2.27. The van der Waals surface area contributed by atoms with Gasteiger partial charge in [-0.1, -0.05) is 0 Å². The van der Waals surface area contributed by atoms with Gasteiger partial charge in [-0.3, -0.25) is 4.90 Å². The molecule has 1 unspecified atom stereocenters. The summed E-state index contributed by atoms with van der Waals surface area (Å²) in [6.07, 6.45) is -10.1. The van der Waals surface area contributed by atoms with Crippen molar-refractivity contribution in [1.82, 2.24) is 10.2 Å². The van der Waals surface area contributed by atoms with Gasteiger partial charge in [0.15, 0.2) is 6.23 Å². The molecule has 2 fully saturated rings. The van der Waals surface area contributed by atoms with Gasteiger partial charge in [0.05, 0.1) is 12.5 Å². The molecule has 0 spiro atoms. The Kier molecular flexibility index (Phi) is 4.09. The normalized spacial score (nSPS) is 39.0. The summed E-state index contributed by atoms with van der Waals surface area (Å²) in [4.78, 5) is 12.3. The quantitative estimate of drug-likeness (QED) is 0.504. The van der Waals surface area contributed by atoms with Crippen LogP contribution < -0.4 is 5.32 Å². The first-order valence-corrected chi connectivity index (χ1v) is 5.99. The summed E-state index contributed by atoms with van der Waals surface area (Å²) in [6.45, 7) is -1.84. The molecule has 2 rings (SSSR count). The zero-order valence-corrected chi connectivity index (χ0v) is 10.2. The average molecular weight is 300 g/mol. The monoisotopic (exact) mass is 300 g/mol. The summed E-state index contributed by atoms with van der Waals surface area (Å²) in [5.74, 6) is -1.79. The van der Waals surface area contributed by atoms with Crippen LogP contribution in [0, 0.1) is 5.92 Å². The molecule has 0 aliphatic carbocycles.